The van der Waals surface area contributed by atoms with Crippen molar-refractivity contribution in [1.29, 1.82) is 0 Å². The van der Waals surface area contributed by atoms with Crippen LogP contribution in [0.3, 0.4) is 0 Å². The lowest BCUT2D eigenvalue weighted by Gasteiger charge is -2.24. The second-order valence-electron chi connectivity index (χ2n) is 4.24. The minimum absolute atomic E-state index is 0.220. The normalized spacial score (nSPS) is 10.5. The van der Waals surface area contributed by atoms with Crippen molar-refractivity contribution >= 4 is 21.6 Å². The van der Waals surface area contributed by atoms with Crippen molar-refractivity contribution in [2.45, 2.75) is 13.5 Å². The van der Waals surface area contributed by atoms with E-state index in [9.17, 15) is 9.50 Å². The van der Waals surface area contributed by atoms with Crippen LogP contribution in [0.5, 0.6) is 5.75 Å². The standard InChI is InChI=1S/C15H15BrFNO/c1-2-18(14-6-4-3-5-13(14)17)10-11-9-12(16)7-8-15(11)19/h3-9,19H,2,10H2,1H3. The fraction of sp³-hybridized carbons (Fsp3) is 0.200. The molecule has 4 heteroatoms. The van der Waals surface area contributed by atoms with Gasteiger partial charge in [0.05, 0.1) is 5.69 Å². The highest BCUT2D eigenvalue weighted by atomic mass is 79.9. The van der Waals surface area contributed by atoms with Gasteiger partial charge in [0.25, 0.3) is 0 Å². The SMILES string of the molecule is CCN(Cc1cc(Br)ccc1O)c1ccccc1F. The Kier molecular flexibility index (Phi) is 4.43. The van der Waals surface area contributed by atoms with Crippen molar-refractivity contribution in [1.82, 2.24) is 0 Å². The van der Waals surface area contributed by atoms with E-state index < -0.39 is 0 Å². The Hall–Kier alpha value is -1.55. The molecule has 2 aromatic rings. The zero-order valence-corrected chi connectivity index (χ0v) is 12.2. The molecule has 0 aromatic heterocycles. The molecule has 2 aromatic carbocycles. The third-order valence-corrected chi connectivity index (χ3v) is 3.47. The molecule has 0 radical (unpaired) electrons. The maximum absolute atomic E-state index is 13.8. The van der Waals surface area contributed by atoms with E-state index in [4.69, 9.17) is 0 Å². The molecule has 0 saturated heterocycles. The van der Waals surface area contributed by atoms with Gasteiger partial charge in [-0.25, -0.2) is 4.39 Å². The summed E-state index contributed by atoms with van der Waals surface area (Å²) in [6.07, 6.45) is 0. The number of rotatable bonds is 4. The molecular weight excluding hydrogens is 309 g/mol. The molecule has 100 valence electrons. The molecular formula is C15H15BrFNO. The van der Waals surface area contributed by atoms with Gasteiger partial charge in [-0.2, -0.15) is 0 Å². The first-order valence-corrected chi connectivity index (χ1v) is 6.88. The molecule has 2 nitrogen and oxygen atoms in total. The number of benzene rings is 2. The van der Waals surface area contributed by atoms with Crippen LogP contribution < -0.4 is 4.90 Å². The first-order chi connectivity index (χ1) is 9.11. The summed E-state index contributed by atoms with van der Waals surface area (Å²) in [7, 11) is 0. The minimum Gasteiger partial charge on any atom is -0.508 e. The molecule has 0 atom stereocenters. The van der Waals surface area contributed by atoms with Gasteiger partial charge in [-0.3, -0.25) is 0 Å². The van der Waals surface area contributed by atoms with Gasteiger partial charge in [-0.15, -0.1) is 0 Å². The summed E-state index contributed by atoms with van der Waals surface area (Å²) >= 11 is 3.38. The van der Waals surface area contributed by atoms with Crippen LogP contribution in [0.2, 0.25) is 0 Å². The van der Waals surface area contributed by atoms with Gasteiger partial charge in [0.2, 0.25) is 0 Å². The number of halogens is 2. The van der Waals surface area contributed by atoms with Crippen molar-refractivity contribution in [2.75, 3.05) is 11.4 Å². The van der Waals surface area contributed by atoms with Crippen LogP contribution in [0.1, 0.15) is 12.5 Å². The molecule has 0 heterocycles. The zero-order chi connectivity index (χ0) is 13.8. The third kappa shape index (κ3) is 3.26. The lowest BCUT2D eigenvalue weighted by Crippen LogP contribution is -2.23. The molecule has 0 spiro atoms. The van der Waals surface area contributed by atoms with Crippen molar-refractivity contribution < 1.29 is 9.50 Å². The highest BCUT2D eigenvalue weighted by Crippen LogP contribution is 2.26. The topological polar surface area (TPSA) is 23.5 Å². The molecule has 0 bridgehead atoms. The van der Waals surface area contributed by atoms with Crippen LogP contribution in [0.25, 0.3) is 0 Å². The van der Waals surface area contributed by atoms with Gasteiger partial charge in [0.15, 0.2) is 0 Å². The van der Waals surface area contributed by atoms with Crippen molar-refractivity contribution in [3.8, 4) is 5.75 Å². The van der Waals surface area contributed by atoms with E-state index in [0.717, 1.165) is 10.0 Å². The molecule has 1 N–H and O–H groups in total. The van der Waals surface area contributed by atoms with E-state index in [1.165, 1.54) is 6.07 Å². The average molecular weight is 324 g/mol. The number of anilines is 1. The van der Waals surface area contributed by atoms with Gasteiger partial charge < -0.3 is 10.0 Å². The minimum atomic E-state index is -0.251. The average Bonchev–Trinajstić information content (AvgIpc) is 2.41. The second kappa shape index (κ2) is 6.06. The quantitative estimate of drug-likeness (QED) is 0.905. The molecule has 0 aliphatic carbocycles. The number of phenols is 1. The van der Waals surface area contributed by atoms with E-state index in [1.807, 2.05) is 24.0 Å². The highest BCUT2D eigenvalue weighted by molar-refractivity contribution is 9.10. The molecule has 2 rings (SSSR count). The molecule has 0 saturated carbocycles. The molecule has 19 heavy (non-hydrogen) atoms. The number of aromatic hydroxyl groups is 1. The number of para-hydroxylation sites is 1. The maximum atomic E-state index is 13.8. The largest absolute Gasteiger partial charge is 0.508 e. The summed E-state index contributed by atoms with van der Waals surface area (Å²) in [5.74, 6) is -0.0307. The summed E-state index contributed by atoms with van der Waals surface area (Å²) in [5.41, 5.74) is 1.31. The van der Waals surface area contributed by atoms with E-state index >= 15 is 0 Å². The Bertz CT molecular complexity index is 574. The highest BCUT2D eigenvalue weighted by Gasteiger charge is 2.12. The zero-order valence-electron chi connectivity index (χ0n) is 10.6. The molecule has 0 aliphatic rings. The molecule has 0 unspecified atom stereocenters. The maximum Gasteiger partial charge on any atom is 0.146 e. The Morgan fingerprint density at radius 3 is 2.63 bits per heavy atom. The van der Waals surface area contributed by atoms with Gasteiger partial charge in [0.1, 0.15) is 11.6 Å². The Morgan fingerprint density at radius 1 is 1.21 bits per heavy atom. The summed E-state index contributed by atoms with van der Waals surface area (Å²) in [6, 6.07) is 11.9. The first-order valence-electron chi connectivity index (χ1n) is 6.08. The summed E-state index contributed by atoms with van der Waals surface area (Å²) in [6.45, 7) is 3.08. The number of phenolic OH excluding ortho intramolecular Hbond substituents is 1. The van der Waals surface area contributed by atoms with E-state index in [-0.39, 0.29) is 11.6 Å². The third-order valence-electron chi connectivity index (χ3n) is 2.98. The van der Waals surface area contributed by atoms with Crippen LogP contribution in [0.4, 0.5) is 10.1 Å². The van der Waals surface area contributed by atoms with Crippen LogP contribution in [-0.2, 0) is 6.54 Å². The molecule has 0 fully saturated rings. The lowest BCUT2D eigenvalue weighted by molar-refractivity contribution is 0.467. The number of nitrogens with zero attached hydrogens (tertiary/aromatic N) is 1. The Balaban J connectivity index is 2.29. The molecule has 0 amide bonds. The monoisotopic (exact) mass is 323 g/mol. The van der Waals surface area contributed by atoms with Crippen molar-refractivity contribution in [3.05, 3.63) is 58.3 Å². The first kappa shape index (κ1) is 13.9. The fourth-order valence-electron chi connectivity index (χ4n) is 1.96. The Morgan fingerprint density at radius 2 is 1.95 bits per heavy atom. The summed E-state index contributed by atoms with van der Waals surface area (Å²) in [5, 5.41) is 9.85. The fourth-order valence-corrected chi connectivity index (χ4v) is 2.37. The van der Waals surface area contributed by atoms with Crippen LogP contribution >= 0.6 is 15.9 Å². The van der Waals surface area contributed by atoms with Gasteiger partial charge in [-0.1, -0.05) is 28.1 Å². The summed E-state index contributed by atoms with van der Waals surface area (Å²) in [4.78, 5) is 1.89. The smallest absolute Gasteiger partial charge is 0.146 e. The predicted octanol–water partition coefficient (Wildman–Crippen LogP) is 4.32. The van der Waals surface area contributed by atoms with Crippen molar-refractivity contribution in [3.63, 3.8) is 0 Å². The summed E-state index contributed by atoms with van der Waals surface area (Å²) < 4.78 is 14.7. The van der Waals surface area contributed by atoms with Gasteiger partial charge in [-0.05, 0) is 37.3 Å². The lowest BCUT2D eigenvalue weighted by atomic mass is 10.1. The van der Waals surface area contributed by atoms with Gasteiger partial charge in [0, 0.05) is 23.1 Å². The van der Waals surface area contributed by atoms with Gasteiger partial charge >= 0.3 is 0 Å². The second-order valence-corrected chi connectivity index (χ2v) is 5.15. The number of hydrogen-bond acceptors (Lipinski definition) is 2. The van der Waals surface area contributed by atoms with E-state index in [0.29, 0.717) is 18.8 Å². The van der Waals surface area contributed by atoms with Crippen LogP contribution in [0, 0.1) is 5.82 Å². The van der Waals surface area contributed by atoms with Crippen molar-refractivity contribution in [2.24, 2.45) is 0 Å². The predicted molar refractivity (Wildman–Crippen MR) is 78.9 cm³/mol. The van der Waals surface area contributed by atoms with Crippen LogP contribution in [0.15, 0.2) is 46.9 Å². The molecule has 0 aliphatic heterocycles. The van der Waals surface area contributed by atoms with E-state index in [1.54, 1.807) is 24.3 Å². The Labute approximate surface area is 120 Å². The van der Waals surface area contributed by atoms with E-state index in [2.05, 4.69) is 15.9 Å². The van der Waals surface area contributed by atoms with Crippen LogP contribution in [-0.4, -0.2) is 11.7 Å². The number of hydrogen-bond donors (Lipinski definition) is 1.